The average molecular weight is 209 g/mol. The highest BCUT2D eigenvalue weighted by atomic mass is 16.1. The summed E-state index contributed by atoms with van der Waals surface area (Å²) >= 11 is 0. The van der Waals surface area contributed by atoms with Gasteiger partial charge in [0.2, 0.25) is 5.91 Å². The number of rotatable bonds is 9. The van der Waals surface area contributed by atoms with E-state index >= 15 is 0 Å². The lowest BCUT2D eigenvalue weighted by atomic mass is 10.1. The number of carbonyl (C=O) groups excluding carboxylic acids is 1. The fourth-order valence-electron chi connectivity index (χ4n) is 1.51. The van der Waals surface area contributed by atoms with Crippen LogP contribution in [-0.4, -0.2) is 12.5 Å². The highest BCUT2D eigenvalue weighted by Crippen LogP contribution is 2.08. The summed E-state index contributed by atoms with van der Waals surface area (Å²) in [6.45, 7) is 2.69. The van der Waals surface area contributed by atoms with E-state index in [1.807, 2.05) is 6.92 Å². The summed E-state index contributed by atoms with van der Waals surface area (Å²) in [7, 11) is 0. The van der Waals surface area contributed by atoms with Gasteiger partial charge in [0.15, 0.2) is 0 Å². The van der Waals surface area contributed by atoms with Crippen LogP contribution in [0.1, 0.15) is 58.3 Å². The molecule has 0 aliphatic carbocycles. The van der Waals surface area contributed by atoms with Crippen molar-refractivity contribution in [1.82, 2.24) is 5.32 Å². The quantitative estimate of drug-likeness (QED) is 0.459. The predicted octanol–water partition coefficient (Wildman–Crippen LogP) is 2.88. The van der Waals surface area contributed by atoms with E-state index in [9.17, 15) is 4.79 Å². The van der Waals surface area contributed by atoms with Crippen LogP contribution in [0.4, 0.5) is 0 Å². The molecule has 0 aromatic carbocycles. The van der Waals surface area contributed by atoms with Gasteiger partial charge in [0.1, 0.15) is 0 Å². The largest absolute Gasteiger partial charge is 0.356 e. The van der Waals surface area contributed by atoms with E-state index in [0.717, 1.165) is 32.2 Å². The molecule has 0 aliphatic heterocycles. The van der Waals surface area contributed by atoms with E-state index < -0.39 is 0 Å². The van der Waals surface area contributed by atoms with Crippen molar-refractivity contribution in [3.8, 4) is 12.3 Å². The smallest absolute Gasteiger partial charge is 0.219 e. The first kappa shape index (κ1) is 14.0. The molecule has 0 bridgehead atoms. The lowest BCUT2D eigenvalue weighted by Gasteiger charge is -2.02. The molecule has 0 aromatic rings. The topological polar surface area (TPSA) is 29.1 Å². The number of amides is 1. The van der Waals surface area contributed by atoms with Crippen LogP contribution in [-0.2, 0) is 4.79 Å². The molecule has 0 fully saturated rings. The SMILES string of the molecule is C#CCCCCCCCCC(=O)NCC. The van der Waals surface area contributed by atoms with Gasteiger partial charge in [-0.05, 0) is 19.8 Å². The maximum atomic E-state index is 11.1. The molecular weight excluding hydrogens is 186 g/mol. The van der Waals surface area contributed by atoms with E-state index in [-0.39, 0.29) is 5.91 Å². The zero-order valence-corrected chi connectivity index (χ0v) is 9.85. The molecule has 1 N–H and O–H groups in total. The summed E-state index contributed by atoms with van der Waals surface area (Å²) in [5.74, 6) is 2.83. The number of hydrogen-bond acceptors (Lipinski definition) is 1. The first-order valence-electron chi connectivity index (χ1n) is 6.01. The van der Waals surface area contributed by atoms with Crippen LogP contribution >= 0.6 is 0 Å². The van der Waals surface area contributed by atoms with Gasteiger partial charge in [0.25, 0.3) is 0 Å². The van der Waals surface area contributed by atoms with Crippen LogP contribution in [0.3, 0.4) is 0 Å². The third kappa shape index (κ3) is 11.0. The Hall–Kier alpha value is -0.970. The average Bonchev–Trinajstić information content (AvgIpc) is 2.22. The van der Waals surface area contributed by atoms with Gasteiger partial charge >= 0.3 is 0 Å². The summed E-state index contributed by atoms with van der Waals surface area (Å²) in [5.41, 5.74) is 0. The minimum absolute atomic E-state index is 0.185. The fourth-order valence-corrected chi connectivity index (χ4v) is 1.51. The number of hydrogen-bond donors (Lipinski definition) is 1. The van der Waals surface area contributed by atoms with Gasteiger partial charge in [0.05, 0.1) is 0 Å². The van der Waals surface area contributed by atoms with Crippen molar-refractivity contribution >= 4 is 5.91 Å². The fraction of sp³-hybridized carbons (Fsp3) is 0.769. The number of terminal acetylenes is 1. The molecule has 0 rings (SSSR count). The molecule has 0 aromatic heterocycles. The molecule has 2 heteroatoms. The summed E-state index contributed by atoms with van der Waals surface area (Å²) in [4.78, 5) is 11.1. The summed E-state index contributed by atoms with van der Waals surface area (Å²) in [6, 6.07) is 0. The van der Waals surface area contributed by atoms with E-state index in [0.29, 0.717) is 6.42 Å². The molecule has 0 saturated heterocycles. The Kier molecular flexibility index (Phi) is 10.4. The molecule has 0 aliphatic rings. The lowest BCUT2D eigenvalue weighted by molar-refractivity contribution is -0.121. The van der Waals surface area contributed by atoms with Crippen molar-refractivity contribution in [1.29, 1.82) is 0 Å². The first-order valence-corrected chi connectivity index (χ1v) is 6.01. The molecule has 86 valence electrons. The van der Waals surface area contributed by atoms with Crippen LogP contribution in [0, 0.1) is 12.3 Å². The van der Waals surface area contributed by atoms with Gasteiger partial charge in [-0.15, -0.1) is 12.3 Å². The molecule has 2 nitrogen and oxygen atoms in total. The molecule has 0 saturated carbocycles. The predicted molar refractivity (Wildman–Crippen MR) is 64.5 cm³/mol. The van der Waals surface area contributed by atoms with Crippen molar-refractivity contribution in [2.24, 2.45) is 0 Å². The van der Waals surface area contributed by atoms with Gasteiger partial charge in [-0.2, -0.15) is 0 Å². The van der Waals surface area contributed by atoms with Crippen molar-refractivity contribution in [2.45, 2.75) is 58.3 Å². The highest BCUT2D eigenvalue weighted by molar-refractivity contribution is 5.75. The van der Waals surface area contributed by atoms with E-state index in [1.54, 1.807) is 0 Å². The minimum Gasteiger partial charge on any atom is -0.356 e. The van der Waals surface area contributed by atoms with Crippen LogP contribution < -0.4 is 5.32 Å². The van der Waals surface area contributed by atoms with Gasteiger partial charge in [-0.3, -0.25) is 4.79 Å². The Labute approximate surface area is 93.8 Å². The van der Waals surface area contributed by atoms with Crippen molar-refractivity contribution in [2.75, 3.05) is 6.54 Å². The molecule has 15 heavy (non-hydrogen) atoms. The third-order valence-electron chi connectivity index (χ3n) is 2.35. The minimum atomic E-state index is 0.185. The standard InChI is InChI=1S/C13H23NO/c1-3-5-6-7-8-9-10-11-12-13(15)14-4-2/h1H,4-12H2,2H3,(H,14,15). The van der Waals surface area contributed by atoms with Gasteiger partial charge in [0, 0.05) is 19.4 Å². The Morgan fingerprint density at radius 1 is 1.13 bits per heavy atom. The number of nitrogens with one attached hydrogen (secondary N) is 1. The zero-order chi connectivity index (χ0) is 11.4. The molecule has 0 atom stereocenters. The number of unbranched alkanes of at least 4 members (excludes halogenated alkanes) is 6. The highest BCUT2D eigenvalue weighted by Gasteiger charge is 1.98. The maximum Gasteiger partial charge on any atom is 0.219 e. The van der Waals surface area contributed by atoms with E-state index in [4.69, 9.17) is 6.42 Å². The van der Waals surface area contributed by atoms with Crippen LogP contribution in [0.15, 0.2) is 0 Å². The second kappa shape index (κ2) is 11.1. The van der Waals surface area contributed by atoms with Crippen LogP contribution in [0.2, 0.25) is 0 Å². The maximum absolute atomic E-state index is 11.1. The Bertz CT molecular complexity index is 193. The molecule has 0 spiro atoms. The monoisotopic (exact) mass is 209 g/mol. The Balaban J connectivity index is 3.05. The van der Waals surface area contributed by atoms with Crippen LogP contribution in [0.5, 0.6) is 0 Å². The number of carbonyl (C=O) groups is 1. The second-order valence-electron chi connectivity index (χ2n) is 3.78. The molecule has 0 heterocycles. The summed E-state index contributed by atoms with van der Waals surface area (Å²) < 4.78 is 0. The lowest BCUT2D eigenvalue weighted by Crippen LogP contribution is -2.21. The molecular formula is C13H23NO. The van der Waals surface area contributed by atoms with Gasteiger partial charge < -0.3 is 5.32 Å². The Morgan fingerprint density at radius 3 is 2.33 bits per heavy atom. The molecule has 1 amide bonds. The van der Waals surface area contributed by atoms with Crippen LogP contribution in [0.25, 0.3) is 0 Å². The second-order valence-corrected chi connectivity index (χ2v) is 3.78. The zero-order valence-electron chi connectivity index (χ0n) is 9.85. The third-order valence-corrected chi connectivity index (χ3v) is 2.35. The van der Waals surface area contributed by atoms with Gasteiger partial charge in [-0.1, -0.05) is 25.7 Å². The van der Waals surface area contributed by atoms with E-state index in [1.165, 1.54) is 19.3 Å². The normalized spacial score (nSPS) is 9.60. The van der Waals surface area contributed by atoms with E-state index in [2.05, 4.69) is 11.2 Å². The van der Waals surface area contributed by atoms with Crippen molar-refractivity contribution in [3.63, 3.8) is 0 Å². The molecule has 0 unspecified atom stereocenters. The Morgan fingerprint density at radius 2 is 1.73 bits per heavy atom. The molecule has 0 radical (unpaired) electrons. The summed E-state index contributed by atoms with van der Waals surface area (Å²) in [6.07, 6.45) is 13.8. The van der Waals surface area contributed by atoms with Gasteiger partial charge in [-0.25, -0.2) is 0 Å². The first-order chi connectivity index (χ1) is 7.31. The van der Waals surface area contributed by atoms with Crippen molar-refractivity contribution in [3.05, 3.63) is 0 Å². The summed E-state index contributed by atoms with van der Waals surface area (Å²) in [5, 5.41) is 2.80. The van der Waals surface area contributed by atoms with Crippen molar-refractivity contribution < 1.29 is 4.79 Å².